The number of ether oxygens (including phenoxy) is 1. The number of rotatable bonds is 5. The minimum Gasteiger partial charge on any atom is -0.491 e. The van der Waals surface area contributed by atoms with Crippen LogP contribution in [0.3, 0.4) is 0 Å². The largest absolute Gasteiger partial charge is 0.491 e. The maximum atomic E-state index is 12.6. The Balaban J connectivity index is 2.00. The van der Waals surface area contributed by atoms with E-state index in [1.165, 1.54) is 23.0 Å². The first-order valence-corrected chi connectivity index (χ1v) is 7.19. The van der Waals surface area contributed by atoms with Crippen LogP contribution < -0.4 is 10.3 Å². The minimum absolute atomic E-state index is 0.00515. The Morgan fingerprint density at radius 1 is 1.33 bits per heavy atom. The third-order valence-corrected chi connectivity index (χ3v) is 3.53. The zero-order valence-corrected chi connectivity index (χ0v) is 13.2. The van der Waals surface area contributed by atoms with E-state index in [0.29, 0.717) is 11.3 Å². The summed E-state index contributed by atoms with van der Waals surface area (Å²) in [5.41, 5.74) is -0.0286. The molecule has 24 heavy (non-hydrogen) atoms. The molecule has 0 aliphatic rings. The number of alkyl halides is 3. The van der Waals surface area contributed by atoms with Crippen molar-refractivity contribution >= 4 is 0 Å². The summed E-state index contributed by atoms with van der Waals surface area (Å²) in [6.45, 7) is 3.02. The Morgan fingerprint density at radius 2 is 2.04 bits per heavy atom. The van der Waals surface area contributed by atoms with Crippen LogP contribution in [0.1, 0.15) is 16.8 Å². The summed E-state index contributed by atoms with van der Waals surface area (Å²) in [4.78, 5) is 16.0. The maximum absolute atomic E-state index is 12.6. The van der Waals surface area contributed by atoms with Crippen LogP contribution >= 0.6 is 0 Å². The number of hydrogen-bond donors (Lipinski definition) is 1. The third kappa shape index (κ3) is 4.35. The van der Waals surface area contributed by atoms with Crippen LogP contribution in [0.25, 0.3) is 0 Å². The molecule has 0 saturated heterocycles. The van der Waals surface area contributed by atoms with Crippen LogP contribution in [-0.2, 0) is 12.7 Å². The summed E-state index contributed by atoms with van der Waals surface area (Å²) in [5, 5.41) is 9.94. The van der Waals surface area contributed by atoms with E-state index in [1.54, 1.807) is 13.8 Å². The fourth-order valence-electron chi connectivity index (χ4n) is 2.04. The van der Waals surface area contributed by atoms with Gasteiger partial charge in [-0.3, -0.25) is 9.36 Å². The Kier molecular flexibility index (Phi) is 5.28. The third-order valence-electron chi connectivity index (χ3n) is 3.53. The molecular formula is C16H17F3N2O3. The minimum atomic E-state index is -4.46. The van der Waals surface area contributed by atoms with E-state index in [1.807, 2.05) is 0 Å². The summed E-state index contributed by atoms with van der Waals surface area (Å²) in [7, 11) is 0. The Hall–Kier alpha value is -2.35. The number of nitrogens with zero attached hydrogens (tertiary/aromatic N) is 2. The normalized spacial score (nSPS) is 12.9. The van der Waals surface area contributed by atoms with Gasteiger partial charge in [-0.2, -0.15) is 13.2 Å². The average Bonchev–Trinajstić information content (AvgIpc) is 2.53. The lowest BCUT2D eigenvalue weighted by molar-refractivity contribution is -0.137. The Bertz CT molecular complexity index is 772. The van der Waals surface area contributed by atoms with Gasteiger partial charge in [-0.1, -0.05) is 6.07 Å². The number of aryl methyl sites for hydroxylation is 1. The number of benzene rings is 1. The number of hydrogen-bond acceptors (Lipinski definition) is 4. The van der Waals surface area contributed by atoms with Gasteiger partial charge in [-0.15, -0.1) is 0 Å². The number of aliphatic hydroxyl groups is 1. The van der Waals surface area contributed by atoms with Crippen molar-refractivity contribution < 1.29 is 23.0 Å². The highest BCUT2D eigenvalue weighted by Gasteiger charge is 2.30. The van der Waals surface area contributed by atoms with Gasteiger partial charge in [-0.25, -0.2) is 4.98 Å². The van der Waals surface area contributed by atoms with E-state index in [9.17, 15) is 23.1 Å². The molecule has 0 radical (unpaired) electrons. The lowest BCUT2D eigenvalue weighted by atomic mass is 10.2. The summed E-state index contributed by atoms with van der Waals surface area (Å²) in [5.74, 6) is -0.00515. The summed E-state index contributed by atoms with van der Waals surface area (Å²) in [6, 6.07) is 4.38. The molecule has 5 nitrogen and oxygen atoms in total. The molecule has 2 aromatic rings. The second kappa shape index (κ2) is 7.04. The van der Waals surface area contributed by atoms with Crippen LogP contribution in [0.15, 0.2) is 35.4 Å². The molecule has 0 fully saturated rings. The molecule has 1 N–H and O–H groups in total. The fourth-order valence-corrected chi connectivity index (χ4v) is 2.04. The van der Waals surface area contributed by atoms with Crippen molar-refractivity contribution in [2.24, 2.45) is 0 Å². The zero-order chi connectivity index (χ0) is 17.9. The van der Waals surface area contributed by atoms with Crippen molar-refractivity contribution in [3.8, 4) is 5.75 Å². The molecule has 0 aliphatic carbocycles. The molecule has 8 heteroatoms. The van der Waals surface area contributed by atoms with Crippen molar-refractivity contribution in [1.29, 1.82) is 0 Å². The van der Waals surface area contributed by atoms with Crippen molar-refractivity contribution in [2.75, 3.05) is 6.61 Å². The molecule has 0 saturated carbocycles. The van der Waals surface area contributed by atoms with Gasteiger partial charge >= 0.3 is 6.18 Å². The predicted molar refractivity (Wildman–Crippen MR) is 80.9 cm³/mol. The van der Waals surface area contributed by atoms with E-state index in [2.05, 4.69) is 4.98 Å². The topological polar surface area (TPSA) is 64.3 Å². The van der Waals surface area contributed by atoms with Gasteiger partial charge in [0.15, 0.2) is 0 Å². The summed E-state index contributed by atoms with van der Waals surface area (Å²) >= 11 is 0. The van der Waals surface area contributed by atoms with Gasteiger partial charge in [0.25, 0.3) is 5.56 Å². The van der Waals surface area contributed by atoms with E-state index in [-0.39, 0.29) is 24.5 Å². The van der Waals surface area contributed by atoms with Gasteiger partial charge in [-0.05, 0) is 32.0 Å². The molecule has 0 aliphatic heterocycles. The molecule has 1 aromatic carbocycles. The van der Waals surface area contributed by atoms with Crippen LogP contribution in [-0.4, -0.2) is 27.4 Å². The zero-order valence-electron chi connectivity index (χ0n) is 13.2. The van der Waals surface area contributed by atoms with Crippen LogP contribution in [0, 0.1) is 13.8 Å². The number of aromatic nitrogens is 2. The van der Waals surface area contributed by atoms with Crippen molar-refractivity contribution in [1.82, 2.24) is 9.55 Å². The number of aliphatic hydroxyl groups excluding tert-OH is 1. The average molecular weight is 342 g/mol. The fraction of sp³-hybridized carbons (Fsp3) is 0.375. The molecule has 1 aromatic heterocycles. The van der Waals surface area contributed by atoms with Crippen LogP contribution in [0.4, 0.5) is 13.2 Å². The SMILES string of the molecule is Cc1ncn(CC(O)COc2cccc(C(F)(F)F)c2)c(=O)c1C. The highest BCUT2D eigenvalue weighted by molar-refractivity contribution is 5.30. The highest BCUT2D eigenvalue weighted by Crippen LogP contribution is 2.31. The predicted octanol–water partition coefficient (Wildman–Crippen LogP) is 2.32. The van der Waals surface area contributed by atoms with Crippen molar-refractivity contribution in [3.63, 3.8) is 0 Å². The molecular weight excluding hydrogens is 325 g/mol. The summed E-state index contributed by atoms with van der Waals surface area (Å²) in [6.07, 6.45) is -4.21. The number of halogens is 3. The first-order chi connectivity index (χ1) is 11.2. The van der Waals surface area contributed by atoms with Gasteiger partial charge in [0.1, 0.15) is 18.5 Å². The Morgan fingerprint density at radius 3 is 2.71 bits per heavy atom. The van der Waals surface area contributed by atoms with Gasteiger partial charge < -0.3 is 9.84 Å². The molecule has 0 spiro atoms. The van der Waals surface area contributed by atoms with E-state index in [0.717, 1.165) is 12.1 Å². The van der Waals surface area contributed by atoms with Crippen molar-refractivity contribution in [3.05, 3.63) is 57.8 Å². The van der Waals surface area contributed by atoms with E-state index < -0.39 is 17.8 Å². The van der Waals surface area contributed by atoms with Crippen LogP contribution in [0.5, 0.6) is 5.75 Å². The lowest BCUT2D eigenvalue weighted by Crippen LogP contribution is -2.31. The Labute approximate surface area is 136 Å². The van der Waals surface area contributed by atoms with E-state index in [4.69, 9.17) is 4.74 Å². The van der Waals surface area contributed by atoms with Gasteiger partial charge in [0.2, 0.25) is 0 Å². The molecule has 0 amide bonds. The second-order valence-corrected chi connectivity index (χ2v) is 5.40. The molecule has 1 unspecified atom stereocenters. The van der Waals surface area contributed by atoms with Crippen LogP contribution in [0.2, 0.25) is 0 Å². The molecule has 1 heterocycles. The first kappa shape index (κ1) is 18.0. The van der Waals surface area contributed by atoms with Gasteiger partial charge in [0, 0.05) is 11.3 Å². The highest BCUT2D eigenvalue weighted by atomic mass is 19.4. The smallest absolute Gasteiger partial charge is 0.416 e. The van der Waals surface area contributed by atoms with E-state index >= 15 is 0 Å². The standard InChI is InChI=1S/C16H17F3N2O3/c1-10-11(2)20-9-21(15(10)23)7-13(22)8-24-14-5-3-4-12(6-14)16(17,18)19/h3-6,9,13,22H,7-8H2,1-2H3. The lowest BCUT2D eigenvalue weighted by Gasteiger charge is -2.15. The van der Waals surface area contributed by atoms with Gasteiger partial charge in [0.05, 0.1) is 18.4 Å². The second-order valence-electron chi connectivity index (χ2n) is 5.40. The van der Waals surface area contributed by atoms with Crippen molar-refractivity contribution in [2.45, 2.75) is 32.7 Å². The first-order valence-electron chi connectivity index (χ1n) is 7.19. The molecule has 2 rings (SSSR count). The molecule has 130 valence electrons. The molecule has 0 bridgehead atoms. The maximum Gasteiger partial charge on any atom is 0.416 e. The monoisotopic (exact) mass is 342 g/mol. The molecule has 1 atom stereocenters. The summed E-state index contributed by atoms with van der Waals surface area (Å²) < 4.78 is 44.3. The quantitative estimate of drug-likeness (QED) is 0.906.